The van der Waals surface area contributed by atoms with Gasteiger partial charge in [0.05, 0.1) is 6.54 Å². The zero-order valence-electron chi connectivity index (χ0n) is 9.02. The molecule has 0 aliphatic rings. The second kappa shape index (κ2) is 4.26. The largest absolute Gasteiger partial charge is 0.240 e. The smallest absolute Gasteiger partial charge is 0.215 e. The van der Waals surface area contributed by atoms with Crippen LogP contribution >= 0.6 is 0 Å². The van der Waals surface area contributed by atoms with Crippen molar-refractivity contribution >= 4 is 0 Å². The first-order valence-corrected chi connectivity index (χ1v) is 4.97. The van der Waals surface area contributed by atoms with Crippen molar-refractivity contribution in [3.05, 3.63) is 48.4 Å². The fraction of sp³-hybridized carbons (Fsp3) is 0.167. The summed E-state index contributed by atoms with van der Waals surface area (Å²) in [6, 6.07) is 9.16. The molecule has 2 rings (SSSR count). The molecule has 0 unspecified atom stereocenters. The van der Waals surface area contributed by atoms with E-state index in [9.17, 15) is 4.39 Å². The fourth-order valence-electron chi connectivity index (χ4n) is 1.43. The van der Waals surface area contributed by atoms with Crippen LogP contribution in [0.3, 0.4) is 0 Å². The lowest BCUT2D eigenvalue weighted by Crippen LogP contribution is -2.03. The number of allylic oxidation sites excluding steroid dienone is 1. The van der Waals surface area contributed by atoms with Gasteiger partial charge in [0, 0.05) is 5.56 Å². The molecule has 0 aliphatic carbocycles. The molecule has 1 aromatic carbocycles. The molecular weight excluding hydrogens is 205 g/mol. The zero-order valence-corrected chi connectivity index (χ0v) is 9.02. The second-order valence-electron chi connectivity index (χ2n) is 3.71. The van der Waals surface area contributed by atoms with Crippen LogP contribution in [0.4, 0.5) is 4.39 Å². The number of aromatic nitrogens is 3. The Bertz CT molecular complexity index is 502. The number of hydrogen-bond donors (Lipinski definition) is 0. The molecule has 0 radical (unpaired) electrons. The van der Waals surface area contributed by atoms with Gasteiger partial charge in [-0.15, -0.1) is 5.10 Å². The number of rotatable bonds is 3. The number of hydrogen-bond acceptors (Lipinski definition) is 2. The fourth-order valence-corrected chi connectivity index (χ4v) is 1.43. The Labute approximate surface area is 93.2 Å². The first-order valence-electron chi connectivity index (χ1n) is 4.97. The third kappa shape index (κ3) is 2.00. The Morgan fingerprint density at radius 3 is 2.69 bits per heavy atom. The van der Waals surface area contributed by atoms with Crippen molar-refractivity contribution in [2.75, 3.05) is 0 Å². The number of halogens is 1. The van der Waals surface area contributed by atoms with Crippen molar-refractivity contribution in [1.82, 2.24) is 15.0 Å². The van der Waals surface area contributed by atoms with Crippen LogP contribution in [0.1, 0.15) is 6.92 Å². The normalized spacial score (nSPS) is 10.4. The van der Waals surface area contributed by atoms with Gasteiger partial charge in [0.2, 0.25) is 5.95 Å². The topological polar surface area (TPSA) is 30.7 Å². The van der Waals surface area contributed by atoms with Gasteiger partial charge in [0.15, 0.2) is 0 Å². The molecule has 1 heterocycles. The summed E-state index contributed by atoms with van der Waals surface area (Å²) in [5.41, 5.74) is 1.85. The highest BCUT2D eigenvalue weighted by Crippen LogP contribution is 2.19. The Hall–Kier alpha value is -1.97. The predicted molar refractivity (Wildman–Crippen MR) is 60.2 cm³/mol. The van der Waals surface area contributed by atoms with E-state index in [2.05, 4.69) is 16.9 Å². The van der Waals surface area contributed by atoms with Crippen molar-refractivity contribution in [2.24, 2.45) is 0 Å². The maximum atomic E-state index is 13.9. The lowest BCUT2D eigenvalue weighted by Gasteiger charge is -1.99. The maximum absolute atomic E-state index is 13.9. The van der Waals surface area contributed by atoms with Crippen LogP contribution < -0.4 is 0 Å². The summed E-state index contributed by atoms with van der Waals surface area (Å²) in [7, 11) is 0. The van der Waals surface area contributed by atoms with E-state index in [-0.39, 0.29) is 5.69 Å². The van der Waals surface area contributed by atoms with E-state index in [0.717, 1.165) is 11.1 Å². The van der Waals surface area contributed by atoms with E-state index in [1.54, 1.807) is 12.1 Å². The molecule has 1 aromatic heterocycles. The van der Waals surface area contributed by atoms with Crippen LogP contribution in [0.15, 0.2) is 42.5 Å². The summed E-state index contributed by atoms with van der Waals surface area (Å²) >= 11 is 0. The minimum Gasteiger partial charge on any atom is -0.215 e. The standard InChI is InChI=1S/C12H12FN3/c1-9(2)8-16-12(13)11(14-15-16)10-6-4-3-5-7-10/h3-7H,1,8H2,2H3. The highest BCUT2D eigenvalue weighted by atomic mass is 19.1. The summed E-state index contributed by atoms with van der Waals surface area (Å²) in [6.07, 6.45) is 0. The SMILES string of the molecule is C=C(C)Cn1nnc(-c2ccccc2)c1F. The van der Waals surface area contributed by atoms with E-state index < -0.39 is 5.95 Å². The summed E-state index contributed by atoms with van der Waals surface area (Å²) in [5, 5.41) is 7.60. The van der Waals surface area contributed by atoms with Crippen LogP contribution in [-0.2, 0) is 6.54 Å². The average Bonchev–Trinajstić information content (AvgIpc) is 2.61. The molecule has 0 saturated carbocycles. The molecule has 0 aliphatic heterocycles. The summed E-state index contributed by atoms with van der Waals surface area (Å²) in [6.45, 7) is 5.89. The van der Waals surface area contributed by atoms with Crippen molar-refractivity contribution < 1.29 is 4.39 Å². The van der Waals surface area contributed by atoms with Gasteiger partial charge in [-0.2, -0.15) is 4.39 Å². The Balaban J connectivity index is 2.37. The monoisotopic (exact) mass is 217 g/mol. The van der Waals surface area contributed by atoms with Crippen LogP contribution in [0.2, 0.25) is 0 Å². The third-order valence-corrected chi connectivity index (χ3v) is 2.14. The van der Waals surface area contributed by atoms with Crippen LogP contribution in [0, 0.1) is 5.95 Å². The van der Waals surface area contributed by atoms with Gasteiger partial charge < -0.3 is 0 Å². The van der Waals surface area contributed by atoms with Gasteiger partial charge in [0.25, 0.3) is 0 Å². The van der Waals surface area contributed by atoms with Crippen LogP contribution in [0.5, 0.6) is 0 Å². The molecular formula is C12H12FN3. The number of nitrogens with zero attached hydrogens (tertiary/aromatic N) is 3. The first kappa shape index (κ1) is 10.5. The Kier molecular flexibility index (Phi) is 2.81. The maximum Gasteiger partial charge on any atom is 0.240 e. The van der Waals surface area contributed by atoms with Crippen molar-refractivity contribution in [1.29, 1.82) is 0 Å². The summed E-state index contributed by atoms with van der Waals surface area (Å²) < 4.78 is 15.1. The molecule has 4 heteroatoms. The molecule has 3 nitrogen and oxygen atoms in total. The summed E-state index contributed by atoms with van der Waals surface area (Å²) in [5.74, 6) is -0.422. The molecule has 0 amide bonds. The third-order valence-electron chi connectivity index (χ3n) is 2.14. The zero-order chi connectivity index (χ0) is 11.5. The average molecular weight is 217 g/mol. The molecule has 0 atom stereocenters. The minimum atomic E-state index is -0.422. The van der Waals surface area contributed by atoms with Crippen molar-refractivity contribution in [2.45, 2.75) is 13.5 Å². The quantitative estimate of drug-likeness (QED) is 0.740. The molecule has 0 saturated heterocycles. The summed E-state index contributed by atoms with van der Waals surface area (Å²) in [4.78, 5) is 0. The predicted octanol–water partition coefficient (Wildman–Crippen LogP) is 2.66. The number of benzene rings is 1. The molecule has 0 spiro atoms. The van der Waals surface area contributed by atoms with E-state index in [1.165, 1.54) is 4.68 Å². The second-order valence-corrected chi connectivity index (χ2v) is 3.71. The van der Waals surface area contributed by atoms with Gasteiger partial charge in [-0.1, -0.05) is 47.7 Å². The molecule has 2 aromatic rings. The highest BCUT2D eigenvalue weighted by molar-refractivity contribution is 5.57. The Morgan fingerprint density at radius 2 is 2.06 bits per heavy atom. The molecule has 0 bridgehead atoms. The van der Waals surface area contributed by atoms with Crippen molar-refractivity contribution in [3.8, 4) is 11.3 Å². The van der Waals surface area contributed by atoms with Gasteiger partial charge in [-0.25, -0.2) is 4.68 Å². The Morgan fingerprint density at radius 1 is 1.38 bits per heavy atom. The van der Waals surface area contributed by atoms with Crippen LogP contribution in [0.25, 0.3) is 11.3 Å². The van der Waals surface area contributed by atoms with E-state index in [4.69, 9.17) is 0 Å². The molecule has 0 fully saturated rings. The van der Waals surface area contributed by atoms with Gasteiger partial charge in [0.1, 0.15) is 5.69 Å². The first-order chi connectivity index (χ1) is 7.68. The van der Waals surface area contributed by atoms with E-state index in [0.29, 0.717) is 6.54 Å². The molecule has 16 heavy (non-hydrogen) atoms. The van der Waals surface area contributed by atoms with Gasteiger partial charge in [-0.05, 0) is 6.92 Å². The van der Waals surface area contributed by atoms with Crippen molar-refractivity contribution in [3.63, 3.8) is 0 Å². The molecule has 0 N–H and O–H groups in total. The van der Waals surface area contributed by atoms with Crippen LogP contribution in [-0.4, -0.2) is 15.0 Å². The van der Waals surface area contributed by atoms with Gasteiger partial charge >= 0.3 is 0 Å². The highest BCUT2D eigenvalue weighted by Gasteiger charge is 2.13. The lowest BCUT2D eigenvalue weighted by atomic mass is 10.2. The van der Waals surface area contributed by atoms with Gasteiger partial charge in [-0.3, -0.25) is 0 Å². The van der Waals surface area contributed by atoms with E-state index in [1.807, 2.05) is 25.1 Å². The lowest BCUT2D eigenvalue weighted by molar-refractivity contribution is 0.475. The molecule has 82 valence electrons. The van der Waals surface area contributed by atoms with E-state index >= 15 is 0 Å². The minimum absolute atomic E-state index is 0.279.